The molecule has 0 unspecified atom stereocenters. The minimum atomic E-state index is -3.75. The first-order valence-corrected chi connectivity index (χ1v) is 10.2. The zero-order valence-corrected chi connectivity index (χ0v) is 15.3. The maximum absolute atomic E-state index is 12.6. The van der Waals surface area contributed by atoms with Crippen LogP contribution in [0.3, 0.4) is 0 Å². The first-order valence-electron chi connectivity index (χ1n) is 7.99. The van der Waals surface area contributed by atoms with Crippen molar-refractivity contribution < 1.29 is 13.2 Å². The molecule has 9 nitrogen and oxygen atoms in total. The Balaban J connectivity index is 1.52. The highest BCUT2D eigenvalue weighted by atomic mass is 32.2. The van der Waals surface area contributed by atoms with E-state index < -0.39 is 10.0 Å². The van der Waals surface area contributed by atoms with Crippen LogP contribution in [-0.4, -0.2) is 53.4 Å². The van der Waals surface area contributed by atoms with E-state index in [1.165, 1.54) is 6.07 Å². The second-order valence-electron chi connectivity index (χ2n) is 5.64. The Hall–Kier alpha value is -2.21. The maximum atomic E-state index is 12.6. The first-order chi connectivity index (χ1) is 12.6. The fraction of sp³-hybridized carbons (Fsp3) is 0.333. The zero-order valence-electron chi connectivity index (χ0n) is 13.7. The van der Waals surface area contributed by atoms with Crippen molar-refractivity contribution in [1.82, 2.24) is 23.4 Å². The Morgan fingerprint density at radius 2 is 2.04 bits per heavy atom. The number of ether oxygens (including phenoxy) is 1. The van der Waals surface area contributed by atoms with Crippen LogP contribution in [0, 0.1) is 0 Å². The Bertz CT molecular complexity index is 1020. The molecule has 136 valence electrons. The van der Waals surface area contributed by atoms with Crippen molar-refractivity contribution in [3.05, 3.63) is 36.3 Å². The predicted molar refractivity (Wildman–Crippen MR) is 96.5 cm³/mol. The van der Waals surface area contributed by atoms with E-state index >= 15 is 0 Å². The number of sulfonamides is 1. The lowest BCUT2D eigenvalue weighted by Crippen LogP contribution is -2.37. The van der Waals surface area contributed by atoms with E-state index in [-0.39, 0.29) is 11.4 Å². The molecule has 2 aromatic heterocycles. The minimum Gasteiger partial charge on any atom is -0.378 e. The number of nitrogens with zero attached hydrogens (tertiary/aromatic N) is 5. The Kier molecular flexibility index (Phi) is 4.76. The summed E-state index contributed by atoms with van der Waals surface area (Å²) in [4.78, 5) is 10.8. The van der Waals surface area contributed by atoms with Crippen LogP contribution in [0.15, 0.2) is 35.4 Å². The van der Waals surface area contributed by atoms with Crippen LogP contribution < -0.4 is 9.62 Å². The van der Waals surface area contributed by atoms with E-state index in [0.29, 0.717) is 30.1 Å². The smallest absolute Gasteiger partial charge is 0.243 e. The molecule has 0 atom stereocenters. The van der Waals surface area contributed by atoms with Crippen LogP contribution in [0.1, 0.15) is 5.82 Å². The summed E-state index contributed by atoms with van der Waals surface area (Å²) in [6, 6.07) is 6.70. The predicted octanol–water partition coefficient (Wildman–Crippen LogP) is 0.796. The third-order valence-electron chi connectivity index (χ3n) is 3.98. The van der Waals surface area contributed by atoms with Gasteiger partial charge in [-0.3, -0.25) is 0 Å². The van der Waals surface area contributed by atoms with E-state index in [2.05, 4.69) is 28.3 Å². The number of benzene rings is 1. The van der Waals surface area contributed by atoms with E-state index in [0.717, 1.165) is 30.6 Å². The fourth-order valence-electron chi connectivity index (χ4n) is 2.68. The molecule has 4 rings (SSSR count). The van der Waals surface area contributed by atoms with Crippen molar-refractivity contribution in [3.63, 3.8) is 0 Å². The lowest BCUT2D eigenvalue weighted by atomic mass is 10.3. The molecule has 0 radical (unpaired) electrons. The van der Waals surface area contributed by atoms with Gasteiger partial charge in [-0.1, -0.05) is 6.07 Å². The summed E-state index contributed by atoms with van der Waals surface area (Å²) in [7, 11) is -3.75. The second kappa shape index (κ2) is 7.19. The number of anilines is 1. The van der Waals surface area contributed by atoms with Gasteiger partial charge in [0, 0.05) is 19.3 Å². The average molecular weight is 392 g/mol. The average Bonchev–Trinajstić information content (AvgIpc) is 3.16. The highest BCUT2D eigenvalue weighted by Crippen LogP contribution is 2.21. The monoisotopic (exact) mass is 392 g/mol. The van der Waals surface area contributed by atoms with Gasteiger partial charge in [-0.25, -0.2) is 23.1 Å². The molecule has 11 heteroatoms. The summed E-state index contributed by atoms with van der Waals surface area (Å²) in [5.41, 5.74) is 0.927. The summed E-state index contributed by atoms with van der Waals surface area (Å²) in [5, 5.41) is 0. The van der Waals surface area contributed by atoms with E-state index in [1.54, 1.807) is 18.3 Å². The van der Waals surface area contributed by atoms with Gasteiger partial charge in [-0.2, -0.15) is 8.75 Å². The normalized spacial score (nSPS) is 15.5. The molecule has 0 spiro atoms. The molecule has 0 bridgehead atoms. The van der Waals surface area contributed by atoms with Gasteiger partial charge in [-0.15, -0.1) is 0 Å². The summed E-state index contributed by atoms with van der Waals surface area (Å²) in [6.07, 6.45) is 1.63. The summed E-state index contributed by atoms with van der Waals surface area (Å²) >= 11 is 0.983. The molecule has 26 heavy (non-hydrogen) atoms. The third-order valence-corrected chi connectivity index (χ3v) is 5.96. The van der Waals surface area contributed by atoms with Gasteiger partial charge in [0.2, 0.25) is 10.0 Å². The standard InChI is InChI=1S/C15H16N6O3S2/c22-26(23,12-3-1-2-11-15(12)20-25-19-11)17-10-13-16-5-4-14(18-13)21-6-8-24-9-7-21/h1-5,17H,6-10H2. The van der Waals surface area contributed by atoms with Crippen LogP contribution >= 0.6 is 11.7 Å². The largest absolute Gasteiger partial charge is 0.378 e. The molecule has 3 aromatic rings. The van der Waals surface area contributed by atoms with Crippen LogP contribution in [0.4, 0.5) is 5.82 Å². The van der Waals surface area contributed by atoms with Gasteiger partial charge < -0.3 is 9.64 Å². The molecule has 1 N–H and O–H groups in total. The van der Waals surface area contributed by atoms with Gasteiger partial charge in [0.05, 0.1) is 31.5 Å². The Morgan fingerprint density at radius 3 is 2.88 bits per heavy atom. The topological polar surface area (TPSA) is 110 Å². The third kappa shape index (κ3) is 3.51. The van der Waals surface area contributed by atoms with Gasteiger partial charge in [0.25, 0.3) is 0 Å². The highest BCUT2D eigenvalue weighted by molar-refractivity contribution is 7.89. The molecule has 0 aliphatic carbocycles. The van der Waals surface area contributed by atoms with Crippen molar-refractivity contribution >= 4 is 38.6 Å². The molecule has 0 saturated carbocycles. The number of aromatic nitrogens is 4. The van der Waals surface area contributed by atoms with Crippen molar-refractivity contribution in [2.24, 2.45) is 0 Å². The molecule has 1 aromatic carbocycles. The quantitative estimate of drug-likeness (QED) is 0.679. The van der Waals surface area contributed by atoms with Crippen LogP contribution in [0.25, 0.3) is 11.0 Å². The lowest BCUT2D eigenvalue weighted by Gasteiger charge is -2.27. The minimum absolute atomic E-state index is 0.00549. The fourth-order valence-corrected chi connectivity index (χ4v) is 4.42. The summed E-state index contributed by atoms with van der Waals surface area (Å²) < 4.78 is 41.3. The Morgan fingerprint density at radius 1 is 1.19 bits per heavy atom. The number of nitrogens with one attached hydrogen (secondary N) is 1. The molecule has 3 heterocycles. The van der Waals surface area contributed by atoms with Gasteiger partial charge >= 0.3 is 0 Å². The second-order valence-corrected chi connectivity index (χ2v) is 7.91. The van der Waals surface area contributed by atoms with Gasteiger partial charge in [0.1, 0.15) is 27.6 Å². The van der Waals surface area contributed by atoms with Crippen LogP contribution in [0.5, 0.6) is 0 Å². The molecule has 1 aliphatic heterocycles. The molecule has 1 aliphatic rings. The number of hydrogen-bond acceptors (Lipinski definition) is 9. The van der Waals surface area contributed by atoms with E-state index in [4.69, 9.17) is 4.74 Å². The SMILES string of the molecule is O=S(=O)(NCc1nccc(N2CCOCC2)n1)c1cccc2nsnc12. The summed E-state index contributed by atoms with van der Waals surface area (Å²) in [5.74, 6) is 1.17. The van der Waals surface area contributed by atoms with Crippen molar-refractivity contribution in [2.75, 3.05) is 31.2 Å². The maximum Gasteiger partial charge on any atom is 0.243 e. The highest BCUT2D eigenvalue weighted by Gasteiger charge is 2.20. The molecule has 1 saturated heterocycles. The molecule has 0 amide bonds. The number of morpholine rings is 1. The van der Waals surface area contributed by atoms with E-state index in [9.17, 15) is 8.42 Å². The van der Waals surface area contributed by atoms with Crippen LogP contribution in [0.2, 0.25) is 0 Å². The first kappa shape index (κ1) is 17.2. The summed E-state index contributed by atoms with van der Waals surface area (Å²) in [6.45, 7) is 2.80. The Labute approximate surface area is 154 Å². The van der Waals surface area contributed by atoms with Gasteiger partial charge in [-0.05, 0) is 18.2 Å². The number of hydrogen-bond donors (Lipinski definition) is 1. The van der Waals surface area contributed by atoms with Crippen molar-refractivity contribution in [2.45, 2.75) is 11.4 Å². The number of fused-ring (bicyclic) bond motifs is 1. The van der Waals surface area contributed by atoms with Crippen LogP contribution in [-0.2, 0) is 21.3 Å². The van der Waals surface area contributed by atoms with Gasteiger partial charge in [0.15, 0.2) is 0 Å². The zero-order chi connectivity index (χ0) is 18.0. The number of rotatable bonds is 5. The van der Waals surface area contributed by atoms with E-state index in [1.807, 2.05) is 6.07 Å². The van der Waals surface area contributed by atoms with Crippen molar-refractivity contribution in [1.29, 1.82) is 0 Å². The molecular weight excluding hydrogens is 376 g/mol. The molecular formula is C15H16N6O3S2. The lowest BCUT2D eigenvalue weighted by molar-refractivity contribution is 0.122. The van der Waals surface area contributed by atoms with Crippen molar-refractivity contribution in [3.8, 4) is 0 Å². The molecule has 1 fully saturated rings.